The van der Waals surface area contributed by atoms with Gasteiger partial charge < -0.3 is 19.1 Å². The highest BCUT2D eigenvalue weighted by atomic mass is 32.2. The van der Waals surface area contributed by atoms with Crippen molar-refractivity contribution in [1.82, 2.24) is 19.3 Å². The van der Waals surface area contributed by atoms with Gasteiger partial charge in [0.25, 0.3) is 5.91 Å². The van der Waals surface area contributed by atoms with Crippen LogP contribution in [0.1, 0.15) is 65.9 Å². The number of carbonyl (C=O) groups is 1. The van der Waals surface area contributed by atoms with E-state index in [0.29, 0.717) is 83.5 Å². The molecule has 1 aromatic heterocycles. The standard InChI is InChI=1S/C32H49N4O8S2/c1-42-21-15-32(43-2,30(28-12-8-16-33-25-28)13-5-6-17-34-45(3,38)39)29(14-9-18-35-46(4,40)41)26-10-7-11-27(24-26)31(37)36-19-22-44-23-20-36/h7-8,10-12,16,24-25,29,34-35H,5-6,9,13-15,17-23H2,1-4H3. The van der Waals surface area contributed by atoms with Crippen LogP contribution >= 0.6 is 0 Å². The average molecular weight is 682 g/mol. The Bertz CT molecular complexity index is 1440. The molecule has 0 saturated carbocycles. The molecule has 1 amide bonds. The Morgan fingerprint density at radius 1 is 0.978 bits per heavy atom. The highest BCUT2D eigenvalue weighted by Crippen LogP contribution is 2.48. The summed E-state index contributed by atoms with van der Waals surface area (Å²) in [6.45, 7) is 2.95. The van der Waals surface area contributed by atoms with Crippen molar-refractivity contribution >= 4 is 26.0 Å². The van der Waals surface area contributed by atoms with E-state index in [9.17, 15) is 21.6 Å². The second kappa shape index (κ2) is 18.2. The highest BCUT2D eigenvalue weighted by Gasteiger charge is 2.47. The summed E-state index contributed by atoms with van der Waals surface area (Å²) in [7, 11) is -3.39. The van der Waals surface area contributed by atoms with Crippen molar-refractivity contribution < 1.29 is 35.8 Å². The molecular formula is C32H49N4O8S2. The number of pyridine rings is 1. The number of unbranched alkanes of at least 4 members (excludes halogenated alkanes) is 1. The molecule has 1 radical (unpaired) electrons. The van der Waals surface area contributed by atoms with E-state index in [-0.39, 0.29) is 18.4 Å². The number of aromatic nitrogens is 1. The summed E-state index contributed by atoms with van der Waals surface area (Å²) < 4.78 is 69.9. The smallest absolute Gasteiger partial charge is 0.254 e. The summed E-state index contributed by atoms with van der Waals surface area (Å²) in [6.07, 6.45) is 9.15. The number of benzene rings is 1. The monoisotopic (exact) mass is 681 g/mol. The van der Waals surface area contributed by atoms with Crippen LogP contribution in [0.4, 0.5) is 0 Å². The third kappa shape index (κ3) is 11.7. The summed E-state index contributed by atoms with van der Waals surface area (Å²) >= 11 is 0. The van der Waals surface area contributed by atoms with Crippen LogP contribution in [0.2, 0.25) is 0 Å². The first-order valence-electron chi connectivity index (χ1n) is 15.6. The van der Waals surface area contributed by atoms with Gasteiger partial charge in [0.1, 0.15) is 0 Å². The summed E-state index contributed by atoms with van der Waals surface area (Å²) in [5, 5.41) is 0. The molecule has 2 unspecified atom stereocenters. The fourth-order valence-corrected chi connectivity index (χ4v) is 7.08. The maximum atomic E-state index is 13.5. The van der Waals surface area contributed by atoms with E-state index in [1.54, 1.807) is 31.5 Å². The van der Waals surface area contributed by atoms with Crippen LogP contribution in [-0.2, 0) is 34.3 Å². The van der Waals surface area contributed by atoms with Crippen molar-refractivity contribution in [3.8, 4) is 0 Å². The van der Waals surface area contributed by atoms with E-state index in [1.807, 2.05) is 36.4 Å². The molecule has 0 spiro atoms. The van der Waals surface area contributed by atoms with Crippen LogP contribution in [0.25, 0.3) is 0 Å². The third-order valence-electron chi connectivity index (χ3n) is 8.21. The van der Waals surface area contributed by atoms with Gasteiger partial charge in [0.15, 0.2) is 0 Å². The molecule has 1 fully saturated rings. The van der Waals surface area contributed by atoms with Crippen molar-refractivity contribution in [2.24, 2.45) is 0 Å². The second-order valence-electron chi connectivity index (χ2n) is 11.6. The number of morpholine rings is 1. The lowest BCUT2D eigenvalue weighted by Gasteiger charge is -2.46. The number of sulfonamides is 2. The molecule has 1 aromatic carbocycles. The van der Waals surface area contributed by atoms with Gasteiger partial charge in [-0.3, -0.25) is 9.78 Å². The van der Waals surface area contributed by atoms with Gasteiger partial charge in [0, 0.05) is 83.2 Å². The number of carbonyl (C=O) groups excluding carboxylic acids is 1. The number of ether oxygens (including phenoxy) is 3. The van der Waals surface area contributed by atoms with Crippen molar-refractivity contribution in [3.63, 3.8) is 0 Å². The van der Waals surface area contributed by atoms with Gasteiger partial charge in [-0.15, -0.1) is 0 Å². The Morgan fingerprint density at radius 2 is 1.65 bits per heavy atom. The van der Waals surface area contributed by atoms with E-state index >= 15 is 0 Å². The predicted octanol–water partition coefficient (Wildman–Crippen LogP) is 2.73. The van der Waals surface area contributed by atoms with Gasteiger partial charge in [0.2, 0.25) is 20.0 Å². The Morgan fingerprint density at radius 3 is 2.26 bits per heavy atom. The lowest BCUT2D eigenvalue weighted by atomic mass is 9.66. The van der Waals surface area contributed by atoms with E-state index in [2.05, 4.69) is 14.4 Å². The molecule has 0 bridgehead atoms. The van der Waals surface area contributed by atoms with Gasteiger partial charge in [-0.1, -0.05) is 24.6 Å². The first-order valence-corrected chi connectivity index (χ1v) is 19.4. The van der Waals surface area contributed by atoms with Gasteiger partial charge >= 0.3 is 0 Å². The zero-order valence-electron chi connectivity index (χ0n) is 27.4. The topological polar surface area (TPSA) is 153 Å². The molecule has 1 saturated heterocycles. The molecule has 3 rings (SSSR count). The average Bonchev–Trinajstić information content (AvgIpc) is 3.04. The van der Waals surface area contributed by atoms with Crippen molar-refractivity contribution in [2.45, 2.75) is 50.0 Å². The Kier molecular flexibility index (Phi) is 15.0. The number of hydrogen-bond donors (Lipinski definition) is 2. The number of nitrogens with zero attached hydrogens (tertiary/aromatic N) is 2. The first kappa shape index (κ1) is 38.0. The van der Waals surface area contributed by atoms with Crippen molar-refractivity contribution in [2.75, 3.05) is 72.7 Å². The highest BCUT2D eigenvalue weighted by molar-refractivity contribution is 7.89. The third-order valence-corrected chi connectivity index (χ3v) is 9.67. The summed E-state index contributed by atoms with van der Waals surface area (Å²) in [4.78, 5) is 19.7. The molecule has 2 N–H and O–H groups in total. The van der Waals surface area contributed by atoms with E-state index in [4.69, 9.17) is 14.2 Å². The summed E-state index contributed by atoms with van der Waals surface area (Å²) in [5.74, 6) is 0.596. The maximum absolute atomic E-state index is 13.5. The van der Waals surface area contributed by atoms with Crippen LogP contribution < -0.4 is 9.44 Å². The number of methoxy groups -OCH3 is 2. The van der Waals surface area contributed by atoms with Crippen LogP contribution in [-0.4, -0.2) is 111 Å². The lowest BCUT2D eigenvalue weighted by Crippen LogP contribution is -2.46. The van der Waals surface area contributed by atoms with Gasteiger partial charge in [-0.25, -0.2) is 26.3 Å². The molecule has 2 atom stereocenters. The van der Waals surface area contributed by atoms with Crippen LogP contribution in [0.5, 0.6) is 0 Å². The van der Waals surface area contributed by atoms with Gasteiger partial charge in [0.05, 0.1) is 31.3 Å². The van der Waals surface area contributed by atoms with Crippen LogP contribution in [0.3, 0.4) is 0 Å². The van der Waals surface area contributed by atoms with E-state index in [0.717, 1.165) is 29.6 Å². The number of amides is 1. The minimum atomic E-state index is -3.38. The maximum Gasteiger partial charge on any atom is 0.254 e. The molecule has 46 heavy (non-hydrogen) atoms. The lowest BCUT2D eigenvalue weighted by molar-refractivity contribution is -0.0438. The van der Waals surface area contributed by atoms with Crippen LogP contribution in [0, 0.1) is 5.92 Å². The molecule has 2 heterocycles. The number of rotatable bonds is 20. The molecule has 14 heteroatoms. The minimum absolute atomic E-state index is 0.0719. The zero-order chi connectivity index (χ0) is 33.6. The Labute approximate surface area is 274 Å². The zero-order valence-corrected chi connectivity index (χ0v) is 29.0. The first-order chi connectivity index (χ1) is 21.9. The molecule has 0 aliphatic carbocycles. The normalized spacial score (nSPS) is 16.3. The van der Waals surface area contributed by atoms with Gasteiger partial charge in [-0.05, 0) is 55.0 Å². The van der Waals surface area contributed by atoms with E-state index < -0.39 is 25.6 Å². The summed E-state index contributed by atoms with van der Waals surface area (Å²) in [6, 6.07) is 11.4. The molecule has 257 valence electrons. The summed E-state index contributed by atoms with van der Waals surface area (Å²) in [5.41, 5.74) is 1.40. The SMILES string of the molecule is COCCC(OC)([C](CCCCNS(C)(=O)=O)c1cccnc1)C(CCCNS(C)(=O)=O)c1cccc(C(=O)N2CCOCC2)c1. The predicted molar refractivity (Wildman–Crippen MR) is 177 cm³/mol. The molecule has 12 nitrogen and oxygen atoms in total. The fourth-order valence-electron chi connectivity index (χ4n) is 6.05. The molecule has 1 aliphatic rings. The molecule has 1 aliphatic heterocycles. The second-order valence-corrected chi connectivity index (χ2v) is 15.2. The van der Waals surface area contributed by atoms with Crippen LogP contribution in [0.15, 0.2) is 48.8 Å². The Balaban J connectivity index is 2.08. The van der Waals surface area contributed by atoms with Crippen molar-refractivity contribution in [1.29, 1.82) is 0 Å². The molecule has 2 aromatic rings. The quantitative estimate of drug-likeness (QED) is 0.201. The minimum Gasteiger partial charge on any atom is -0.385 e. The van der Waals surface area contributed by atoms with Gasteiger partial charge in [-0.2, -0.15) is 0 Å². The number of hydrogen-bond acceptors (Lipinski definition) is 9. The Hall–Kier alpha value is -2.46. The number of nitrogens with one attached hydrogen (secondary N) is 2. The molecular weight excluding hydrogens is 633 g/mol. The largest absolute Gasteiger partial charge is 0.385 e. The fraction of sp³-hybridized carbons (Fsp3) is 0.594. The van der Waals surface area contributed by atoms with Crippen molar-refractivity contribution in [3.05, 3.63) is 71.4 Å². The van der Waals surface area contributed by atoms with E-state index in [1.165, 1.54) is 0 Å².